The number of nitrogens with zero attached hydrogens (tertiary/aromatic N) is 2. The second kappa shape index (κ2) is 7.97. The minimum Gasteiger partial charge on any atom is -0.401 e. The molecule has 0 saturated heterocycles. The molecule has 1 aliphatic rings. The first-order valence-electron chi connectivity index (χ1n) is 9.89. The number of nitrogens with one attached hydrogen (secondary N) is 1. The summed E-state index contributed by atoms with van der Waals surface area (Å²) in [6.07, 6.45) is 4.51. The smallest absolute Gasteiger partial charge is 0.0777 e. The van der Waals surface area contributed by atoms with Gasteiger partial charge in [-0.15, -0.1) is 0 Å². The predicted octanol–water partition coefficient (Wildman–Crippen LogP) is 4.44. The summed E-state index contributed by atoms with van der Waals surface area (Å²) in [6, 6.07) is 19.2. The molecule has 5 heteroatoms. The van der Waals surface area contributed by atoms with Crippen molar-refractivity contribution in [2.24, 2.45) is 11.6 Å². The number of aryl methyl sites for hydroxylation is 1. The van der Waals surface area contributed by atoms with Crippen LogP contribution in [0.15, 0.2) is 72.7 Å². The lowest BCUT2D eigenvalue weighted by Gasteiger charge is -2.22. The van der Waals surface area contributed by atoms with Gasteiger partial charge in [0.05, 0.1) is 11.7 Å². The van der Waals surface area contributed by atoms with Crippen molar-refractivity contribution in [2.45, 2.75) is 26.3 Å². The van der Waals surface area contributed by atoms with Crippen LogP contribution < -0.4 is 16.9 Å². The van der Waals surface area contributed by atoms with Crippen LogP contribution in [0, 0.1) is 6.92 Å². The van der Waals surface area contributed by atoms with Crippen molar-refractivity contribution >= 4 is 11.4 Å². The van der Waals surface area contributed by atoms with E-state index >= 15 is 0 Å². The Labute approximate surface area is 172 Å². The van der Waals surface area contributed by atoms with Gasteiger partial charge in [0.15, 0.2) is 0 Å². The van der Waals surface area contributed by atoms with Crippen LogP contribution in [0.1, 0.15) is 36.1 Å². The third-order valence-electron chi connectivity index (χ3n) is 5.41. The molecule has 0 amide bonds. The predicted molar refractivity (Wildman–Crippen MR) is 120 cm³/mol. The fourth-order valence-corrected chi connectivity index (χ4v) is 3.92. The van der Waals surface area contributed by atoms with Gasteiger partial charge in [0.2, 0.25) is 0 Å². The van der Waals surface area contributed by atoms with Gasteiger partial charge in [-0.2, -0.15) is 0 Å². The number of benzene rings is 2. The number of hydrogen-bond acceptors (Lipinski definition) is 5. The van der Waals surface area contributed by atoms with Gasteiger partial charge in [0, 0.05) is 35.9 Å². The van der Waals surface area contributed by atoms with E-state index in [1.54, 1.807) is 5.01 Å². The highest BCUT2D eigenvalue weighted by Gasteiger charge is 2.26. The summed E-state index contributed by atoms with van der Waals surface area (Å²) in [4.78, 5) is 4.14. The van der Waals surface area contributed by atoms with Gasteiger partial charge in [0.1, 0.15) is 0 Å². The standard InChI is InChI=1S/C24H27N5/c1-16-3-6-20(7-4-16)28-23-11-14-29(26)24(17(2)25)21-8-5-19(15-22(21)23)18-9-12-27-13-10-18/h3-10,12-13,15,23,28H,11,14,25-26H2,1-2H3/b24-17-. The molecule has 1 aliphatic heterocycles. The number of anilines is 1. The van der Waals surface area contributed by atoms with Gasteiger partial charge >= 0.3 is 0 Å². The van der Waals surface area contributed by atoms with Crippen LogP contribution in [0.2, 0.25) is 0 Å². The number of hydrazine groups is 1. The SMILES string of the molecule is C/C(N)=C1\c2ccc(-c3ccncc3)cc2C(Nc2ccc(C)cc2)CCN1N. The zero-order valence-corrected chi connectivity index (χ0v) is 16.9. The summed E-state index contributed by atoms with van der Waals surface area (Å²) >= 11 is 0. The zero-order valence-electron chi connectivity index (χ0n) is 16.9. The Kier molecular flexibility index (Phi) is 5.23. The van der Waals surface area contributed by atoms with Crippen molar-refractivity contribution < 1.29 is 0 Å². The highest BCUT2D eigenvalue weighted by molar-refractivity contribution is 5.75. The zero-order chi connectivity index (χ0) is 20.4. The van der Waals surface area contributed by atoms with E-state index in [1.807, 2.05) is 31.5 Å². The normalized spacial score (nSPS) is 18.0. The molecule has 29 heavy (non-hydrogen) atoms. The minimum absolute atomic E-state index is 0.123. The molecule has 148 valence electrons. The van der Waals surface area contributed by atoms with Gasteiger partial charge in [-0.3, -0.25) is 4.98 Å². The van der Waals surface area contributed by atoms with E-state index in [0.717, 1.165) is 40.2 Å². The molecule has 0 aliphatic carbocycles. The monoisotopic (exact) mass is 385 g/mol. The topological polar surface area (TPSA) is 80.2 Å². The molecule has 1 aromatic heterocycles. The lowest BCUT2D eigenvalue weighted by molar-refractivity contribution is 0.402. The van der Waals surface area contributed by atoms with Crippen LogP contribution in [0.5, 0.6) is 0 Å². The Hall–Kier alpha value is -3.31. The van der Waals surface area contributed by atoms with E-state index in [9.17, 15) is 0 Å². The van der Waals surface area contributed by atoms with Crippen molar-refractivity contribution in [1.82, 2.24) is 9.99 Å². The van der Waals surface area contributed by atoms with Crippen LogP contribution in [0.25, 0.3) is 16.8 Å². The molecule has 0 saturated carbocycles. The number of pyridine rings is 1. The van der Waals surface area contributed by atoms with Crippen molar-refractivity contribution in [1.29, 1.82) is 0 Å². The van der Waals surface area contributed by atoms with E-state index in [-0.39, 0.29) is 6.04 Å². The van der Waals surface area contributed by atoms with Gasteiger partial charge in [-0.25, -0.2) is 5.84 Å². The molecule has 5 N–H and O–H groups in total. The first kappa shape index (κ1) is 19.0. The van der Waals surface area contributed by atoms with Crippen molar-refractivity contribution in [3.8, 4) is 11.1 Å². The van der Waals surface area contributed by atoms with Crippen molar-refractivity contribution in [3.63, 3.8) is 0 Å². The molecule has 2 aromatic carbocycles. The lowest BCUT2D eigenvalue weighted by Crippen LogP contribution is -2.31. The quantitative estimate of drug-likeness (QED) is 0.581. The summed E-state index contributed by atoms with van der Waals surface area (Å²) in [5.41, 5.74) is 14.8. The largest absolute Gasteiger partial charge is 0.401 e. The summed E-state index contributed by atoms with van der Waals surface area (Å²) in [5.74, 6) is 6.38. The Morgan fingerprint density at radius 3 is 2.45 bits per heavy atom. The molecular weight excluding hydrogens is 358 g/mol. The highest BCUT2D eigenvalue weighted by atomic mass is 15.4. The fraction of sp³-hybridized carbons (Fsp3) is 0.208. The maximum absolute atomic E-state index is 6.38. The highest BCUT2D eigenvalue weighted by Crippen LogP contribution is 2.37. The molecule has 2 heterocycles. The number of rotatable bonds is 3. The van der Waals surface area contributed by atoms with E-state index in [2.05, 4.69) is 59.7 Å². The molecule has 0 bridgehead atoms. The fourth-order valence-electron chi connectivity index (χ4n) is 3.92. The summed E-state index contributed by atoms with van der Waals surface area (Å²) in [7, 11) is 0. The van der Waals surface area contributed by atoms with E-state index in [0.29, 0.717) is 6.54 Å². The van der Waals surface area contributed by atoms with Gasteiger partial charge in [0.25, 0.3) is 0 Å². The third-order valence-corrected chi connectivity index (χ3v) is 5.41. The Morgan fingerprint density at radius 1 is 1.03 bits per heavy atom. The molecule has 0 spiro atoms. The number of allylic oxidation sites excluding steroid dienone is 1. The molecule has 0 fully saturated rings. The first-order chi connectivity index (χ1) is 14.0. The van der Waals surface area contributed by atoms with Crippen LogP contribution >= 0.6 is 0 Å². The van der Waals surface area contributed by atoms with Gasteiger partial charge in [-0.05, 0) is 67.3 Å². The lowest BCUT2D eigenvalue weighted by atomic mass is 9.92. The van der Waals surface area contributed by atoms with Crippen molar-refractivity contribution in [3.05, 3.63) is 89.4 Å². The first-order valence-corrected chi connectivity index (χ1v) is 9.89. The Bertz CT molecular complexity index is 1020. The average Bonchev–Trinajstić information content (AvgIpc) is 2.86. The minimum atomic E-state index is 0.123. The molecule has 5 nitrogen and oxygen atoms in total. The Morgan fingerprint density at radius 2 is 1.76 bits per heavy atom. The van der Waals surface area contributed by atoms with Gasteiger partial charge in [-0.1, -0.05) is 29.8 Å². The van der Waals surface area contributed by atoms with Crippen LogP contribution in [0.3, 0.4) is 0 Å². The van der Waals surface area contributed by atoms with E-state index in [4.69, 9.17) is 11.6 Å². The third kappa shape index (κ3) is 3.96. The molecular formula is C24H27N5. The summed E-state index contributed by atoms with van der Waals surface area (Å²) in [6.45, 7) is 4.72. The van der Waals surface area contributed by atoms with E-state index < -0.39 is 0 Å². The average molecular weight is 386 g/mol. The van der Waals surface area contributed by atoms with Crippen molar-refractivity contribution in [2.75, 3.05) is 11.9 Å². The summed E-state index contributed by atoms with van der Waals surface area (Å²) in [5, 5.41) is 5.48. The number of aromatic nitrogens is 1. The molecule has 1 unspecified atom stereocenters. The molecule has 4 rings (SSSR count). The van der Waals surface area contributed by atoms with Crippen LogP contribution in [0.4, 0.5) is 5.69 Å². The Balaban J connectivity index is 1.82. The molecule has 3 aromatic rings. The second-order valence-corrected chi connectivity index (χ2v) is 7.61. The van der Waals surface area contributed by atoms with Crippen LogP contribution in [-0.4, -0.2) is 16.5 Å². The van der Waals surface area contributed by atoms with E-state index in [1.165, 1.54) is 11.1 Å². The maximum Gasteiger partial charge on any atom is 0.0777 e. The molecule has 0 radical (unpaired) electrons. The maximum atomic E-state index is 6.38. The second-order valence-electron chi connectivity index (χ2n) is 7.61. The number of nitrogens with two attached hydrogens (primary N) is 2. The van der Waals surface area contributed by atoms with Crippen LogP contribution in [-0.2, 0) is 0 Å². The molecule has 1 atom stereocenters. The number of fused-ring (bicyclic) bond motifs is 1. The summed E-state index contributed by atoms with van der Waals surface area (Å²) < 4.78 is 0. The number of hydrogen-bond donors (Lipinski definition) is 3. The van der Waals surface area contributed by atoms with Gasteiger partial charge < -0.3 is 16.1 Å².